The molecule has 0 aliphatic carbocycles. The first kappa shape index (κ1) is 25.8. The van der Waals surface area contributed by atoms with Gasteiger partial charge in [-0.05, 0) is 12.3 Å². The van der Waals surface area contributed by atoms with Crippen LogP contribution >= 0.6 is 0 Å². The maximum Gasteiger partial charge on any atom is 3.00 e. The average molecular weight is 401 g/mol. The van der Waals surface area contributed by atoms with Crippen molar-refractivity contribution < 1.29 is 70.3 Å². The van der Waals surface area contributed by atoms with Gasteiger partial charge in [0.05, 0.1) is 10.3 Å². The van der Waals surface area contributed by atoms with Gasteiger partial charge in [-0.2, -0.15) is 0 Å². The normalized spacial score (nSPS) is 8.41. The van der Waals surface area contributed by atoms with Crippen molar-refractivity contribution in [3.8, 4) is 0 Å². The van der Waals surface area contributed by atoms with Crippen LogP contribution in [-0.4, -0.2) is 17.0 Å². The Morgan fingerprint density at radius 2 is 1.73 bits per heavy atom. The summed E-state index contributed by atoms with van der Waals surface area (Å²) in [4.78, 5) is 33.0. The molecule has 0 fully saturated rings. The Hall–Kier alpha value is -1.11. The number of Topliss-reactive ketones (excluding diaryl/α,β-unsaturated/α-hetero) is 1. The van der Waals surface area contributed by atoms with Gasteiger partial charge in [-0.3, -0.25) is 19.7 Å². The third-order valence-electron chi connectivity index (χ3n) is 2.73. The van der Waals surface area contributed by atoms with Crippen molar-refractivity contribution in [3.63, 3.8) is 0 Å². The van der Waals surface area contributed by atoms with Crippen molar-refractivity contribution in [1.29, 1.82) is 0 Å². The molecule has 22 heavy (non-hydrogen) atoms. The monoisotopic (exact) mass is 399 g/mol. The van der Waals surface area contributed by atoms with E-state index in [4.69, 9.17) is 0 Å². The van der Waals surface area contributed by atoms with Crippen LogP contribution < -0.4 is 37.2 Å². The molecule has 0 atom stereocenters. The van der Waals surface area contributed by atoms with E-state index in [0.29, 0.717) is 11.7 Å². The number of non-ortho nitro benzene ring substituents is 1. The predicted molar refractivity (Wildman–Crippen MR) is 66.0 cm³/mol. The second-order valence-corrected chi connectivity index (χ2v) is 3.84. The molecule has 0 spiro atoms. The Morgan fingerprint density at radius 3 is 2.18 bits per heavy atom. The van der Waals surface area contributed by atoms with Gasteiger partial charge in [-0.25, -0.2) is 0 Å². The van der Waals surface area contributed by atoms with E-state index in [1.807, 2.05) is 0 Å². The molecule has 0 saturated heterocycles. The summed E-state index contributed by atoms with van der Waals surface area (Å²) in [6.45, 7) is 1.29. The predicted octanol–water partition coefficient (Wildman–Crippen LogP) is -6.23. The zero-order valence-electron chi connectivity index (χ0n) is 11.1. The molecule has 9 heteroatoms. The number of carbonyl (C=O) groups excluding carboxylic acids is 2. The first-order valence-electron chi connectivity index (χ1n) is 5.22. The van der Waals surface area contributed by atoms with Gasteiger partial charge in [0.1, 0.15) is 0 Å². The van der Waals surface area contributed by atoms with Crippen molar-refractivity contribution >= 4 is 28.5 Å². The van der Waals surface area contributed by atoms with Gasteiger partial charge in [0.15, 0.2) is 12.1 Å². The molecule has 2 aromatic carbocycles. The van der Waals surface area contributed by atoms with Crippen molar-refractivity contribution in [2.75, 3.05) is 0 Å². The van der Waals surface area contributed by atoms with Crippen LogP contribution in [0.3, 0.4) is 0 Å². The van der Waals surface area contributed by atoms with Crippen LogP contribution in [0.1, 0.15) is 27.6 Å². The maximum atomic E-state index is 11.6. The zero-order valence-corrected chi connectivity index (χ0v) is 14.8. The van der Waals surface area contributed by atoms with Crippen LogP contribution in [0, 0.1) is 10.1 Å². The van der Waals surface area contributed by atoms with E-state index in [1.54, 1.807) is 18.2 Å². The van der Waals surface area contributed by atoms with Gasteiger partial charge in [-0.15, -0.1) is 0 Å². The SMILES string of the molecule is CC(=O)c1c(C=O)ccc2cccc([N+](=O)[O-])c12.[Cl-].[Cl-].[Cl-].[V+3]. The number of carbonyl (C=O) groups is 2. The summed E-state index contributed by atoms with van der Waals surface area (Å²) in [6, 6.07) is 7.63. The van der Waals surface area contributed by atoms with Crippen LogP contribution in [0.15, 0.2) is 30.3 Å². The summed E-state index contributed by atoms with van der Waals surface area (Å²) in [7, 11) is 0. The average Bonchev–Trinajstić information content (AvgIpc) is 2.35. The van der Waals surface area contributed by atoms with E-state index in [0.717, 1.165) is 0 Å². The molecular weight excluding hydrogens is 391 g/mol. The summed E-state index contributed by atoms with van der Waals surface area (Å²) < 4.78 is 0. The minimum Gasteiger partial charge on any atom is -1.00 e. The molecule has 0 saturated carbocycles. The van der Waals surface area contributed by atoms with Crippen molar-refractivity contribution in [3.05, 3.63) is 51.6 Å². The van der Waals surface area contributed by atoms with Crippen molar-refractivity contribution in [1.82, 2.24) is 0 Å². The fourth-order valence-electron chi connectivity index (χ4n) is 2.01. The minimum atomic E-state index is -0.552. The first-order valence-corrected chi connectivity index (χ1v) is 5.22. The zero-order chi connectivity index (χ0) is 13.3. The molecule has 5 nitrogen and oxygen atoms in total. The van der Waals surface area contributed by atoms with Crippen LogP contribution in [-0.2, 0) is 18.6 Å². The second kappa shape index (κ2) is 10.6. The molecule has 0 unspecified atom stereocenters. The topological polar surface area (TPSA) is 77.3 Å². The molecular formula is C13H9Cl3NO4V. The van der Waals surface area contributed by atoms with E-state index < -0.39 is 4.92 Å². The summed E-state index contributed by atoms with van der Waals surface area (Å²) in [5.41, 5.74) is 0.112. The van der Waals surface area contributed by atoms with Crippen LogP contribution in [0.2, 0.25) is 0 Å². The summed E-state index contributed by atoms with van der Waals surface area (Å²) in [5.74, 6) is -0.364. The van der Waals surface area contributed by atoms with E-state index >= 15 is 0 Å². The van der Waals surface area contributed by atoms with E-state index in [1.165, 1.54) is 19.1 Å². The maximum absolute atomic E-state index is 11.6. The quantitative estimate of drug-likeness (QED) is 0.222. The number of hydrogen-bond acceptors (Lipinski definition) is 4. The largest absolute Gasteiger partial charge is 3.00 e. The van der Waals surface area contributed by atoms with Crippen molar-refractivity contribution in [2.24, 2.45) is 0 Å². The molecule has 0 aromatic heterocycles. The van der Waals surface area contributed by atoms with Crippen molar-refractivity contribution in [2.45, 2.75) is 6.92 Å². The van der Waals surface area contributed by atoms with Gasteiger partial charge >= 0.3 is 18.6 Å². The van der Waals surface area contributed by atoms with Gasteiger partial charge in [0.2, 0.25) is 0 Å². The molecule has 0 N–H and O–H groups in total. The fourth-order valence-corrected chi connectivity index (χ4v) is 2.01. The Morgan fingerprint density at radius 1 is 1.14 bits per heavy atom. The minimum absolute atomic E-state index is 0. The number of rotatable bonds is 3. The number of nitro benzene ring substituents is 1. The second-order valence-electron chi connectivity index (χ2n) is 3.84. The summed E-state index contributed by atoms with van der Waals surface area (Å²) >= 11 is 0. The van der Waals surface area contributed by atoms with E-state index in [9.17, 15) is 19.7 Å². The number of ketones is 1. The molecule has 0 aliphatic heterocycles. The molecule has 2 rings (SSSR count). The number of benzene rings is 2. The molecule has 0 heterocycles. The Labute approximate surface area is 157 Å². The molecule has 2 aromatic rings. The van der Waals surface area contributed by atoms with Crippen LogP contribution in [0.25, 0.3) is 10.8 Å². The molecule has 0 amide bonds. The third-order valence-corrected chi connectivity index (χ3v) is 2.73. The number of nitro groups is 1. The van der Waals surface area contributed by atoms with E-state index in [2.05, 4.69) is 0 Å². The number of nitrogens with zero attached hydrogens (tertiary/aromatic N) is 1. The smallest absolute Gasteiger partial charge is 1.00 e. The molecule has 116 valence electrons. The Kier molecular flexibility index (Phi) is 12.4. The summed E-state index contributed by atoms with van der Waals surface area (Å²) in [5, 5.41) is 11.8. The molecule has 0 radical (unpaired) electrons. The first-order chi connectivity index (χ1) is 8.56. The Balaban J connectivity index is -0.000000902. The Bertz CT molecular complexity index is 694. The number of hydrogen-bond donors (Lipinski definition) is 0. The van der Waals surface area contributed by atoms with Gasteiger partial charge < -0.3 is 37.2 Å². The van der Waals surface area contributed by atoms with Gasteiger partial charge in [0.25, 0.3) is 5.69 Å². The van der Waals surface area contributed by atoms with E-state index in [-0.39, 0.29) is 83.8 Å². The standard InChI is InChI=1S/C13H9NO4.3ClH.V/c1-8(16)12-10(7-15)6-5-9-3-2-4-11(13(9)12)14(17)18;;;;/h2-7H,1H3;3*1H;/q;;;;+3/p-3. The third kappa shape index (κ3) is 4.70. The number of fused-ring (bicyclic) bond motifs is 1. The number of aldehydes is 1. The number of halogens is 3. The molecule has 0 bridgehead atoms. The summed E-state index contributed by atoms with van der Waals surface area (Å²) in [6.07, 6.45) is 0.535. The van der Waals surface area contributed by atoms with Crippen LogP contribution in [0.5, 0.6) is 0 Å². The molecule has 0 aliphatic rings. The van der Waals surface area contributed by atoms with Crippen LogP contribution in [0.4, 0.5) is 5.69 Å². The van der Waals surface area contributed by atoms with Gasteiger partial charge in [0, 0.05) is 17.2 Å². The van der Waals surface area contributed by atoms with Gasteiger partial charge in [-0.1, -0.05) is 24.3 Å². The fraction of sp³-hybridized carbons (Fsp3) is 0.0769.